The number of fused-ring (bicyclic) bond motifs is 3. The molecule has 6 rings (SSSR count). The second kappa shape index (κ2) is 12.7. The van der Waals surface area contributed by atoms with Gasteiger partial charge in [0.15, 0.2) is 4.96 Å². The lowest BCUT2D eigenvalue weighted by atomic mass is 10.0. The van der Waals surface area contributed by atoms with Gasteiger partial charge >= 0.3 is 0 Å². The van der Waals surface area contributed by atoms with E-state index >= 15 is 0 Å². The number of thiazole rings is 1. The summed E-state index contributed by atoms with van der Waals surface area (Å²) >= 11 is 1.52. The molecule has 2 aliphatic heterocycles. The number of hydrogen-bond donors (Lipinski definition) is 2. The predicted molar refractivity (Wildman–Crippen MR) is 158 cm³/mol. The second-order valence-corrected chi connectivity index (χ2v) is 11.0. The molecule has 2 saturated heterocycles. The van der Waals surface area contributed by atoms with Crippen molar-refractivity contribution in [2.75, 3.05) is 32.7 Å². The highest BCUT2D eigenvalue weighted by atomic mass is 35.5. The maximum atomic E-state index is 15.0. The zero-order valence-electron chi connectivity index (χ0n) is 21.2. The molecule has 1 atom stereocenters. The largest absolute Gasteiger partial charge is 0.352 e. The fourth-order valence-electron chi connectivity index (χ4n) is 5.49. The van der Waals surface area contributed by atoms with Gasteiger partial charge in [-0.1, -0.05) is 23.8 Å². The topological polar surface area (TPSA) is 61.7 Å². The number of halogens is 3. The van der Waals surface area contributed by atoms with Crippen LogP contribution in [-0.4, -0.2) is 52.9 Å². The maximum Gasteiger partial charge on any atom is 0.251 e. The summed E-state index contributed by atoms with van der Waals surface area (Å²) in [5.74, 6) is -0.281. The third-order valence-electron chi connectivity index (χ3n) is 7.47. The zero-order chi connectivity index (χ0) is 24.5. The third kappa shape index (κ3) is 6.00. The number of piperidine rings is 1. The minimum atomic E-state index is -0.240. The van der Waals surface area contributed by atoms with Gasteiger partial charge in [0, 0.05) is 29.9 Å². The van der Waals surface area contributed by atoms with E-state index in [0.29, 0.717) is 23.4 Å². The molecule has 0 spiro atoms. The number of nitrogens with zero attached hydrogens (tertiary/aromatic N) is 3. The van der Waals surface area contributed by atoms with Crippen molar-refractivity contribution in [3.8, 4) is 11.3 Å². The summed E-state index contributed by atoms with van der Waals surface area (Å²) in [6.07, 6.45) is 8.95. The Hall–Kier alpha value is -2.23. The number of imidazole rings is 1. The summed E-state index contributed by atoms with van der Waals surface area (Å²) in [6.45, 7) is 5.08. The molecule has 4 aromatic rings. The Labute approximate surface area is 238 Å². The summed E-state index contributed by atoms with van der Waals surface area (Å²) in [7, 11) is 0. The van der Waals surface area contributed by atoms with Crippen LogP contribution < -0.4 is 10.6 Å². The van der Waals surface area contributed by atoms with E-state index in [9.17, 15) is 9.18 Å². The highest BCUT2D eigenvalue weighted by Gasteiger charge is 2.19. The number of hydrogen-bond acceptors (Lipinski definition) is 5. The lowest BCUT2D eigenvalue weighted by Gasteiger charge is -2.26. The van der Waals surface area contributed by atoms with Crippen LogP contribution in [0.4, 0.5) is 4.39 Å². The summed E-state index contributed by atoms with van der Waals surface area (Å²) in [6, 6.07) is 11.5. The highest BCUT2D eigenvalue weighted by molar-refractivity contribution is 7.23. The summed E-state index contributed by atoms with van der Waals surface area (Å²) in [4.78, 5) is 20.7. The Kier molecular flexibility index (Phi) is 9.65. The van der Waals surface area contributed by atoms with E-state index in [1.54, 1.807) is 6.07 Å². The normalized spacial score (nSPS) is 17.9. The SMILES string of the molecule is Cl.Cl.O=C(NCCCN1CCCCC1)c1ccc2c(c1)sc1nc(-c3ccc(C4CCCN4)cc3F)cn12. The van der Waals surface area contributed by atoms with Crippen molar-refractivity contribution in [3.05, 3.63) is 59.5 Å². The van der Waals surface area contributed by atoms with Crippen LogP contribution in [0, 0.1) is 5.82 Å². The van der Waals surface area contributed by atoms with E-state index in [0.717, 1.165) is 53.1 Å². The van der Waals surface area contributed by atoms with Gasteiger partial charge in [-0.2, -0.15) is 0 Å². The predicted octanol–water partition coefficient (Wildman–Crippen LogP) is 6.23. The second-order valence-electron chi connectivity index (χ2n) is 9.96. The average molecular weight is 579 g/mol. The van der Waals surface area contributed by atoms with E-state index < -0.39 is 0 Å². The fraction of sp³-hybridized carbons (Fsp3) is 0.429. The minimum Gasteiger partial charge on any atom is -0.352 e. The Balaban J connectivity index is 0.00000168. The summed E-state index contributed by atoms with van der Waals surface area (Å²) in [5, 5.41) is 6.48. The molecular weight excluding hydrogens is 544 g/mol. The van der Waals surface area contributed by atoms with Gasteiger partial charge in [-0.3, -0.25) is 9.20 Å². The van der Waals surface area contributed by atoms with Crippen molar-refractivity contribution < 1.29 is 9.18 Å². The smallest absolute Gasteiger partial charge is 0.251 e. The highest BCUT2D eigenvalue weighted by Crippen LogP contribution is 2.32. The first kappa shape index (κ1) is 28.8. The first-order valence-corrected chi connectivity index (χ1v) is 13.9. The lowest BCUT2D eigenvalue weighted by Crippen LogP contribution is -2.33. The van der Waals surface area contributed by atoms with E-state index in [2.05, 4.69) is 15.5 Å². The number of aromatic nitrogens is 2. The van der Waals surface area contributed by atoms with Crippen molar-refractivity contribution in [2.24, 2.45) is 0 Å². The number of benzene rings is 2. The van der Waals surface area contributed by atoms with Crippen LogP contribution in [0.5, 0.6) is 0 Å². The first-order chi connectivity index (χ1) is 17.7. The number of likely N-dealkylation sites (tertiary alicyclic amines) is 1. The van der Waals surface area contributed by atoms with Crippen LogP contribution in [-0.2, 0) is 0 Å². The van der Waals surface area contributed by atoms with E-state index in [1.165, 1.54) is 43.7 Å². The average Bonchev–Trinajstić information content (AvgIpc) is 3.63. The molecule has 0 aliphatic carbocycles. The van der Waals surface area contributed by atoms with Crippen molar-refractivity contribution in [1.29, 1.82) is 0 Å². The number of carbonyl (C=O) groups is 1. The van der Waals surface area contributed by atoms with Crippen LogP contribution in [0.15, 0.2) is 42.6 Å². The van der Waals surface area contributed by atoms with E-state index in [-0.39, 0.29) is 42.6 Å². The molecule has 2 N–H and O–H groups in total. The van der Waals surface area contributed by atoms with E-state index in [4.69, 9.17) is 4.98 Å². The van der Waals surface area contributed by atoms with Gasteiger partial charge in [0.25, 0.3) is 5.91 Å². The van der Waals surface area contributed by atoms with Gasteiger partial charge in [-0.15, -0.1) is 24.8 Å². The molecule has 6 nitrogen and oxygen atoms in total. The molecule has 2 fully saturated rings. The number of amides is 1. The molecule has 204 valence electrons. The molecule has 2 aromatic heterocycles. The Bertz CT molecular complexity index is 1390. The number of rotatable bonds is 7. The number of carbonyl (C=O) groups excluding carboxylic acids is 1. The molecule has 0 radical (unpaired) electrons. The monoisotopic (exact) mass is 577 g/mol. The summed E-state index contributed by atoms with van der Waals surface area (Å²) < 4.78 is 18.0. The van der Waals surface area contributed by atoms with Gasteiger partial charge in [0.2, 0.25) is 0 Å². The third-order valence-corrected chi connectivity index (χ3v) is 8.49. The molecule has 0 saturated carbocycles. The molecule has 4 heterocycles. The molecule has 1 amide bonds. The molecule has 38 heavy (non-hydrogen) atoms. The zero-order valence-corrected chi connectivity index (χ0v) is 23.7. The van der Waals surface area contributed by atoms with Crippen LogP contribution in [0.1, 0.15) is 60.5 Å². The van der Waals surface area contributed by atoms with Crippen LogP contribution >= 0.6 is 36.2 Å². The van der Waals surface area contributed by atoms with Crippen molar-refractivity contribution in [3.63, 3.8) is 0 Å². The van der Waals surface area contributed by atoms with Crippen LogP contribution in [0.3, 0.4) is 0 Å². The van der Waals surface area contributed by atoms with Gasteiger partial charge < -0.3 is 15.5 Å². The molecular formula is C28H34Cl2FN5OS. The maximum absolute atomic E-state index is 15.0. The molecule has 10 heteroatoms. The van der Waals surface area contributed by atoms with Gasteiger partial charge in [0.05, 0.1) is 15.9 Å². The fourth-order valence-corrected chi connectivity index (χ4v) is 6.53. The Morgan fingerprint density at radius 1 is 1.11 bits per heavy atom. The quantitative estimate of drug-likeness (QED) is 0.256. The Morgan fingerprint density at radius 2 is 1.95 bits per heavy atom. The molecule has 0 bridgehead atoms. The van der Waals surface area contributed by atoms with Crippen LogP contribution in [0.25, 0.3) is 26.4 Å². The van der Waals surface area contributed by atoms with Crippen molar-refractivity contribution in [2.45, 2.75) is 44.6 Å². The number of nitrogens with one attached hydrogen (secondary N) is 2. The van der Waals surface area contributed by atoms with Crippen LogP contribution in [0.2, 0.25) is 0 Å². The van der Waals surface area contributed by atoms with Crippen molar-refractivity contribution >= 4 is 57.2 Å². The first-order valence-electron chi connectivity index (χ1n) is 13.1. The van der Waals surface area contributed by atoms with Gasteiger partial charge in [-0.05, 0) is 94.2 Å². The molecule has 1 unspecified atom stereocenters. The van der Waals surface area contributed by atoms with Gasteiger partial charge in [-0.25, -0.2) is 9.37 Å². The minimum absolute atomic E-state index is 0. The lowest BCUT2D eigenvalue weighted by molar-refractivity contribution is 0.0951. The Morgan fingerprint density at radius 3 is 2.71 bits per heavy atom. The molecule has 2 aromatic carbocycles. The van der Waals surface area contributed by atoms with Gasteiger partial charge in [0.1, 0.15) is 5.82 Å². The summed E-state index contributed by atoms with van der Waals surface area (Å²) in [5.41, 5.74) is 3.77. The van der Waals surface area contributed by atoms with E-state index in [1.807, 2.05) is 40.9 Å². The molecule has 2 aliphatic rings. The van der Waals surface area contributed by atoms with Crippen molar-refractivity contribution in [1.82, 2.24) is 24.9 Å². The standard InChI is InChI=1S/C28H32FN5OS.2ClH/c29-22-16-19(23-6-4-11-30-23)7-9-21(22)24-18-34-25-10-8-20(17-26(25)36-28(34)32-24)27(35)31-12-5-15-33-13-2-1-3-14-33;;/h7-10,16-18,23,30H,1-6,11-15H2,(H,31,35);2*1H.